The lowest BCUT2D eigenvalue weighted by Crippen LogP contribution is -2.29. The van der Waals surface area contributed by atoms with Gasteiger partial charge in [0.2, 0.25) is 11.6 Å². The Balaban J connectivity index is 0.000000153. The molecule has 0 unspecified atom stereocenters. The van der Waals surface area contributed by atoms with Crippen molar-refractivity contribution in [1.82, 2.24) is 14.7 Å². The zero-order valence-electron chi connectivity index (χ0n) is 17.5. The number of benzene rings is 1. The fraction of sp³-hybridized carbons (Fsp3) is 0.429. The van der Waals surface area contributed by atoms with Crippen LogP contribution in [0.2, 0.25) is 0 Å². The minimum atomic E-state index is -4.45. The van der Waals surface area contributed by atoms with Crippen LogP contribution in [0.5, 0.6) is 5.75 Å². The van der Waals surface area contributed by atoms with Crippen LogP contribution < -0.4 is 4.52 Å². The van der Waals surface area contributed by atoms with Gasteiger partial charge in [0.1, 0.15) is 17.1 Å². The average molecular weight is 447 g/mol. The lowest BCUT2D eigenvalue weighted by atomic mass is 10.0. The van der Waals surface area contributed by atoms with Crippen molar-refractivity contribution in [2.75, 3.05) is 39.3 Å². The van der Waals surface area contributed by atoms with E-state index in [2.05, 4.69) is 4.52 Å². The fourth-order valence-electron chi connectivity index (χ4n) is 3.44. The molecule has 2 N–H and O–H groups in total. The number of nitrogens with zero attached hydrogens (tertiary/aromatic N) is 3. The normalized spacial score (nSPS) is 19.9. The van der Waals surface area contributed by atoms with Crippen LogP contribution in [0.25, 0.3) is 0 Å². The van der Waals surface area contributed by atoms with Crippen molar-refractivity contribution >= 4 is 19.4 Å². The van der Waals surface area contributed by atoms with Crippen LogP contribution in [0.3, 0.4) is 0 Å². The minimum Gasteiger partial charge on any atom is -0.404 e. The molecule has 31 heavy (non-hydrogen) atoms. The first-order valence-corrected chi connectivity index (χ1v) is 11.8. The molecule has 3 saturated heterocycles. The first-order valence-electron chi connectivity index (χ1n) is 10.3. The highest BCUT2D eigenvalue weighted by atomic mass is 31.2. The van der Waals surface area contributed by atoms with Crippen molar-refractivity contribution in [3.8, 4) is 5.75 Å². The van der Waals surface area contributed by atoms with Crippen LogP contribution in [-0.4, -0.2) is 75.3 Å². The van der Waals surface area contributed by atoms with E-state index in [1.165, 1.54) is 6.08 Å². The Morgan fingerprint density at radius 3 is 1.97 bits per heavy atom. The van der Waals surface area contributed by atoms with Gasteiger partial charge < -0.3 is 19.2 Å². The predicted molar refractivity (Wildman–Crippen MR) is 113 cm³/mol. The van der Waals surface area contributed by atoms with Crippen LogP contribution in [0.15, 0.2) is 47.4 Å². The Kier molecular flexibility index (Phi) is 5.68. The highest BCUT2D eigenvalue weighted by Crippen LogP contribution is 2.40. The summed E-state index contributed by atoms with van der Waals surface area (Å²) in [6, 6.07) is 6.82. The number of carbonyl (C=O) groups is 2. The molecule has 0 amide bonds. The number of hydrogen-bond acceptors (Lipinski definition) is 7. The highest BCUT2D eigenvalue weighted by molar-refractivity contribution is 7.46. The average Bonchev–Trinajstić information content (AvgIpc) is 3.55. The van der Waals surface area contributed by atoms with E-state index in [0.29, 0.717) is 17.1 Å². The standard InChI is InChI=1S/C12H13N3O2.C9H13O4P/c16-9-7-8(13-1-2-13)12(17)11(15-5-6-15)10(9)14-3-4-14;1-7(2)8-5-3-4-6-9(8)13-14(10,11)12/h7H,1-6H2;3-7H,1-2H3,(H2,10,11,12). The van der Waals surface area contributed by atoms with Gasteiger partial charge >= 0.3 is 7.82 Å². The fourth-order valence-corrected chi connectivity index (χ4v) is 3.87. The number of phosphoric ester groups is 1. The maximum Gasteiger partial charge on any atom is 0.524 e. The predicted octanol–water partition coefficient (Wildman–Crippen LogP) is 1.46. The molecule has 166 valence electrons. The van der Waals surface area contributed by atoms with E-state index in [0.717, 1.165) is 44.8 Å². The smallest absolute Gasteiger partial charge is 0.404 e. The lowest BCUT2D eigenvalue weighted by Gasteiger charge is -2.21. The molecule has 1 aromatic rings. The molecule has 0 bridgehead atoms. The van der Waals surface area contributed by atoms with Gasteiger partial charge in [0.05, 0.1) is 5.70 Å². The number of rotatable bonds is 6. The number of hydrogen-bond donors (Lipinski definition) is 2. The van der Waals surface area contributed by atoms with Crippen LogP contribution in [0, 0.1) is 0 Å². The first kappa shape index (κ1) is 21.6. The Labute approximate surface area is 180 Å². The third kappa shape index (κ3) is 5.18. The third-order valence-electron chi connectivity index (χ3n) is 5.25. The second kappa shape index (κ2) is 8.15. The zero-order chi connectivity index (χ0) is 22.3. The van der Waals surface area contributed by atoms with E-state index in [9.17, 15) is 14.2 Å². The third-order valence-corrected chi connectivity index (χ3v) is 5.68. The Morgan fingerprint density at radius 1 is 0.903 bits per heavy atom. The number of carbonyl (C=O) groups excluding carboxylic acids is 2. The minimum absolute atomic E-state index is 0.00546. The summed E-state index contributed by atoms with van der Waals surface area (Å²) in [5.41, 5.74) is 2.67. The molecular formula is C21H26N3O6P. The summed E-state index contributed by atoms with van der Waals surface area (Å²) in [6.07, 6.45) is 1.52. The van der Waals surface area contributed by atoms with Gasteiger partial charge in [-0.25, -0.2) is 4.57 Å². The summed E-state index contributed by atoms with van der Waals surface area (Å²) in [5.74, 6) is 0.459. The van der Waals surface area contributed by atoms with Crippen LogP contribution >= 0.6 is 7.82 Å². The van der Waals surface area contributed by atoms with Crippen LogP contribution in [-0.2, 0) is 14.2 Å². The maximum absolute atomic E-state index is 12.4. The molecule has 0 aromatic heterocycles. The van der Waals surface area contributed by atoms with E-state index in [1.54, 1.807) is 18.2 Å². The summed E-state index contributed by atoms with van der Waals surface area (Å²) < 4.78 is 15.2. The molecule has 1 aromatic carbocycles. The van der Waals surface area contributed by atoms with Crippen LogP contribution in [0.4, 0.5) is 0 Å². The van der Waals surface area contributed by atoms with E-state index in [1.807, 2.05) is 34.6 Å². The Morgan fingerprint density at radius 2 is 1.45 bits per heavy atom. The van der Waals surface area contributed by atoms with Gasteiger partial charge in [-0.15, -0.1) is 0 Å². The van der Waals surface area contributed by atoms with Crippen molar-refractivity contribution in [2.45, 2.75) is 19.8 Å². The second-order valence-corrected chi connectivity index (χ2v) is 9.32. The Hall–Kier alpha value is -2.61. The zero-order valence-corrected chi connectivity index (χ0v) is 18.4. The number of ketones is 2. The summed E-state index contributed by atoms with van der Waals surface area (Å²) in [4.78, 5) is 47.8. The molecule has 0 atom stereocenters. The highest BCUT2D eigenvalue weighted by Gasteiger charge is 2.43. The van der Waals surface area contributed by atoms with Gasteiger partial charge in [-0.05, 0) is 17.5 Å². The molecule has 1 aliphatic carbocycles. The molecule has 3 fully saturated rings. The van der Waals surface area contributed by atoms with Gasteiger partial charge in [-0.2, -0.15) is 0 Å². The largest absolute Gasteiger partial charge is 0.524 e. The van der Waals surface area contributed by atoms with Crippen molar-refractivity contribution in [1.29, 1.82) is 0 Å². The summed E-state index contributed by atoms with van der Waals surface area (Å²) >= 11 is 0. The van der Waals surface area contributed by atoms with Crippen molar-refractivity contribution in [2.24, 2.45) is 0 Å². The van der Waals surface area contributed by atoms with Gasteiger partial charge in [-0.1, -0.05) is 32.0 Å². The molecule has 10 heteroatoms. The molecule has 0 radical (unpaired) electrons. The number of para-hydroxylation sites is 1. The monoisotopic (exact) mass is 447 g/mol. The quantitative estimate of drug-likeness (QED) is 0.380. The molecular weight excluding hydrogens is 421 g/mol. The summed E-state index contributed by atoms with van der Waals surface area (Å²) in [5, 5.41) is 0. The number of phosphoric acid groups is 1. The molecule has 5 rings (SSSR count). The van der Waals surface area contributed by atoms with E-state index in [-0.39, 0.29) is 23.2 Å². The number of Topliss-reactive ketones (excluding diaryl/α,β-unsaturated/α-hetero) is 1. The summed E-state index contributed by atoms with van der Waals surface area (Å²) in [7, 11) is -4.45. The topological polar surface area (TPSA) is 110 Å². The van der Waals surface area contributed by atoms with Crippen molar-refractivity contribution in [3.63, 3.8) is 0 Å². The summed E-state index contributed by atoms with van der Waals surface area (Å²) in [6.45, 7) is 9.27. The molecule has 4 aliphatic rings. The van der Waals surface area contributed by atoms with Gasteiger partial charge in [-0.3, -0.25) is 19.4 Å². The molecule has 0 saturated carbocycles. The molecule has 3 aliphatic heterocycles. The van der Waals surface area contributed by atoms with Gasteiger partial charge in [0.15, 0.2) is 0 Å². The first-order chi connectivity index (χ1) is 14.7. The van der Waals surface area contributed by atoms with Crippen molar-refractivity contribution < 1.29 is 28.5 Å². The molecule has 3 heterocycles. The van der Waals surface area contributed by atoms with Crippen LogP contribution in [0.1, 0.15) is 25.3 Å². The second-order valence-electron chi connectivity index (χ2n) is 8.16. The van der Waals surface area contributed by atoms with Crippen molar-refractivity contribution in [3.05, 3.63) is 53.0 Å². The molecule has 0 spiro atoms. The van der Waals surface area contributed by atoms with E-state index >= 15 is 0 Å². The number of allylic oxidation sites excluding steroid dienone is 1. The van der Waals surface area contributed by atoms with E-state index in [4.69, 9.17) is 9.79 Å². The Bertz CT molecular complexity index is 1020. The van der Waals surface area contributed by atoms with Gasteiger partial charge in [0.25, 0.3) is 0 Å². The lowest BCUT2D eigenvalue weighted by molar-refractivity contribution is -0.117. The SMILES string of the molecule is CC(C)c1ccccc1OP(=O)(O)O.O=C1C=C(N2CC2)C(=O)C(N2CC2)=C1N1CC1. The van der Waals surface area contributed by atoms with Gasteiger partial charge in [0, 0.05) is 45.3 Å². The maximum atomic E-state index is 12.4. The molecule has 9 nitrogen and oxygen atoms in total. The van der Waals surface area contributed by atoms with E-state index < -0.39 is 7.82 Å².